The first-order valence-electron chi connectivity index (χ1n) is 6.38. The van der Waals surface area contributed by atoms with Crippen molar-refractivity contribution in [2.75, 3.05) is 0 Å². The summed E-state index contributed by atoms with van der Waals surface area (Å²) < 4.78 is 5.32. The predicted molar refractivity (Wildman–Crippen MR) is 76.5 cm³/mol. The molecule has 0 saturated heterocycles. The van der Waals surface area contributed by atoms with E-state index >= 15 is 0 Å². The molecule has 1 unspecified atom stereocenters. The number of halogens is 1. The van der Waals surface area contributed by atoms with E-state index in [2.05, 4.69) is 11.9 Å². The molecule has 1 aromatic carbocycles. The van der Waals surface area contributed by atoms with Gasteiger partial charge < -0.3 is 4.74 Å². The summed E-state index contributed by atoms with van der Waals surface area (Å²) in [7, 11) is 0. The van der Waals surface area contributed by atoms with Gasteiger partial charge in [0.05, 0.1) is 6.10 Å². The zero-order valence-electron chi connectivity index (χ0n) is 11.0. The normalized spacial score (nSPS) is 12.4. The summed E-state index contributed by atoms with van der Waals surface area (Å²) in [5.41, 5.74) is 0.256. The third-order valence-corrected chi connectivity index (χ3v) is 3.19. The predicted octanol–water partition coefficient (Wildman–Crippen LogP) is 4.23. The number of pyridine rings is 1. The number of hydrogen-bond donors (Lipinski definition) is 0. The summed E-state index contributed by atoms with van der Waals surface area (Å²) in [6.07, 6.45) is 1.71. The van der Waals surface area contributed by atoms with Crippen LogP contribution < -0.4 is 0 Å². The summed E-state index contributed by atoms with van der Waals surface area (Å²) in [4.78, 5) is 16.1. The Morgan fingerprint density at radius 1 is 1.42 bits per heavy atom. The maximum absolute atomic E-state index is 12.0. The van der Waals surface area contributed by atoms with Crippen LogP contribution in [0.1, 0.15) is 37.2 Å². The minimum atomic E-state index is -0.423. The van der Waals surface area contributed by atoms with Crippen LogP contribution in [0.15, 0.2) is 30.3 Å². The lowest BCUT2D eigenvalue weighted by atomic mass is 10.1. The number of nitrogens with zero attached hydrogens (tertiary/aromatic N) is 1. The largest absolute Gasteiger partial charge is 0.458 e. The molecule has 19 heavy (non-hydrogen) atoms. The van der Waals surface area contributed by atoms with Crippen molar-refractivity contribution >= 4 is 28.3 Å². The van der Waals surface area contributed by atoms with Crippen LogP contribution in [0.2, 0.25) is 5.15 Å². The fraction of sp³-hybridized carbons (Fsp3) is 0.333. The Labute approximate surface area is 117 Å². The van der Waals surface area contributed by atoms with Gasteiger partial charge in [-0.1, -0.05) is 49.2 Å². The van der Waals surface area contributed by atoms with E-state index in [1.165, 1.54) is 0 Å². The molecule has 0 fully saturated rings. The smallest absolute Gasteiger partial charge is 0.357 e. The van der Waals surface area contributed by atoms with E-state index in [4.69, 9.17) is 16.3 Å². The molecule has 4 heteroatoms. The van der Waals surface area contributed by atoms with Gasteiger partial charge in [0.25, 0.3) is 0 Å². The molecule has 2 rings (SSSR count). The first-order valence-corrected chi connectivity index (χ1v) is 6.76. The highest BCUT2D eigenvalue weighted by Gasteiger charge is 2.15. The van der Waals surface area contributed by atoms with Crippen molar-refractivity contribution < 1.29 is 9.53 Å². The maximum atomic E-state index is 12.0. The van der Waals surface area contributed by atoms with Crippen molar-refractivity contribution in [2.24, 2.45) is 0 Å². The Morgan fingerprint density at radius 2 is 2.16 bits per heavy atom. The highest BCUT2D eigenvalue weighted by Crippen LogP contribution is 2.22. The van der Waals surface area contributed by atoms with E-state index in [0.29, 0.717) is 5.15 Å². The van der Waals surface area contributed by atoms with E-state index in [1.807, 2.05) is 31.2 Å². The third-order valence-electron chi connectivity index (χ3n) is 2.91. The molecule has 0 aliphatic rings. The molecular weight excluding hydrogens is 262 g/mol. The lowest BCUT2D eigenvalue weighted by Crippen LogP contribution is -2.16. The number of aromatic nitrogens is 1. The number of benzene rings is 1. The Hall–Kier alpha value is -1.61. The van der Waals surface area contributed by atoms with E-state index < -0.39 is 5.97 Å². The van der Waals surface area contributed by atoms with Crippen LogP contribution in [0.4, 0.5) is 0 Å². The van der Waals surface area contributed by atoms with Crippen LogP contribution in [0.25, 0.3) is 10.8 Å². The van der Waals surface area contributed by atoms with Gasteiger partial charge in [0.15, 0.2) is 5.69 Å². The Kier molecular flexibility index (Phi) is 4.38. The van der Waals surface area contributed by atoms with Crippen molar-refractivity contribution in [3.05, 3.63) is 41.2 Å². The van der Waals surface area contributed by atoms with Gasteiger partial charge in [0.1, 0.15) is 5.15 Å². The molecule has 0 radical (unpaired) electrons. The number of ether oxygens (including phenoxy) is 1. The van der Waals surface area contributed by atoms with Gasteiger partial charge in [0.2, 0.25) is 0 Å². The van der Waals surface area contributed by atoms with Gasteiger partial charge in [-0.15, -0.1) is 0 Å². The molecule has 0 amide bonds. The molecule has 1 heterocycles. The quantitative estimate of drug-likeness (QED) is 0.620. The minimum absolute atomic E-state index is 0.107. The number of esters is 1. The number of hydrogen-bond acceptors (Lipinski definition) is 3. The van der Waals surface area contributed by atoms with Crippen molar-refractivity contribution in [3.8, 4) is 0 Å². The van der Waals surface area contributed by atoms with Crippen molar-refractivity contribution in [2.45, 2.75) is 32.8 Å². The molecule has 0 saturated carbocycles. The molecule has 2 aromatic rings. The maximum Gasteiger partial charge on any atom is 0.357 e. The monoisotopic (exact) mass is 277 g/mol. The van der Waals surface area contributed by atoms with Crippen LogP contribution in [0, 0.1) is 0 Å². The second-order valence-electron chi connectivity index (χ2n) is 4.52. The Balaban J connectivity index is 2.28. The fourth-order valence-corrected chi connectivity index (χ4v) is 2.23. The van der Waals surface area contributed by atoms with Gasteiger partial charge in [-0.05, 0) is 24.8 Å². The highest BCUT2D eigenvalue weighted by molar-refractivity contribution is 6.34. The second kappa shape index (κ2) is 6.02. The summed E-state index contributed by atoms with van der Waals surface area (Å²) >= 11 is 6.09. The molecule has 1 aromatic heterocycles. The lowest BCUT2D eigenvalue weighted by Gasteiger charge is -2.12. The fourth-order valence-electron chi connectivity index (χ4n) is 1.97. The SMILES string of the molecule is CCCC(C)OC(=O)c1cc2ccccc2c(Cl)n1. The van der Waals surface area contributed by atoms with Gasteiger partial charge >= 0.3 is 5.97 Å². The molecule has 100 valence electrons. The van der Waals surface area contributed by atoms with Crippen molar-refractivity contribution in [1.82, 2.24) is 4.98 Å². The molecular formula is C15H16ClNO2. The number of carbonyl (C=O) groups is 1. The van der Waals surface area contributed by atoms with E-state index in [1.54, 1.807) is 6.07 Å². The highest BCUT2D eigenvalue weighted by atomic mass is 35.5. The van der Waals surface area contributed by atoms with Gasteiger partial charge in [0, 0.05) is 5.39 Å². The van der Waals surface area contributed by atoms with E-state index in [9.17, 15) is 4.79 Å². The zero-order chi connectivity index (χ0) is 13.8. The van der Waals surface area contributed by atoms with Gasteiger partial charge in [-0.2, -0.15) is 0 Å². The zero-order valence-corrected chi connectivity index (χ0v) is 11.8. The number of carbonyl (C=O) groups excluding carboxylic acids is 1. The lowest BCUT2D eigenvalue weighted by molar-refractivity contribution is 0.0317. The first kappa shape index (κ1) is 13.8. The number of rotatable bonds is 4. The van der Waals surface area contributed by atoms with Crippen LogP contribution >= 0.6 is 11.6 Å². The second-order valence-corrected chi connectivity index (χ2v) is 4.88. The molecule has 0 aliphatic heterocycles. The summed E-state index contributed by atoms with van der Waals surface area (Å²) in [6.45, 7) is 3.93. The molecule has 1 atom stereocenters. The van der Waals surface area contributed by atoms with Crippen molar-refractivity contribution in [3.63, 3.8) is 0 Å². The van der Waals surface area contributed by atoms with Crippen molar-refractivity contribution in [1.29, 1.82) is 0 Å². The van der Waals surface area contributed by atoms with Crippen LogP contribution in [-0.4, -0.2) is 17.1 Å². The van der Waals surface area contributed by atoms with E-state index in [-0.39, 0.29) is 11.8 Å². The topological polar surface area (TPSA) is 39.2 Å². The Bertz CT molecular complexity index is 598. The van der Waals surface area contributed by atoms with E-state index in [0.717, 1.165) is 23.6 Å². The number of fused-ring (bicyclic) bond motifs is 1. The third kappa shape index (κ3) is 3.24. The Morgan fingerprint density at radius 3 is 2.89 bits per heavy atom. The molecule has 0 aliphatic carbocycles. The summed E-state index contributed by atoms with van der Waals surface area (Å²) in [5, 5.41) is 2.05. The molecule has 0 N–H and O–H groups in total. The van der Waals surface area contributed by atoms with Gasteiger partial charge in [-0.25, -0.2) is 9.78 Å². The van der Waals surface area contributed by atoms with Crippen LogP contribution in [-0.2, 0) is 4.74 Å². The molecule has 3 nitrogen and oxygen atoms in total. The standard InChI is InChI=1S/C15H16ClNO2/c1-3-6-10(2)19-15(18)13-9-11-7-4-5-8-12(11)14(16)17-13/h4-5,7-10H,3,6H2,1-2H3. The minimum Gasteiger partial charge on any atom is -0.458 e. The van der Waals surface area contributed by atoms with Crippen LogP contribution in [0.5, 0.6) is 0 Å². The van der Waals surface area contributed by atoms with Crippen LogP contribution in [0.3, 0.4) is 0 Å². The summed E-state index contributed by atoms with van der Waals surface area (Å²) in [6, 6.07) is 9.27. The summed E-state index contributed by atoms with van der Waals surface area (Å²) in [5.74, 6) is -0.423. The molecule has 0 spiro atoms. The average molecular weight is 278 g/mol. The first-order chi connectivity index (χ1) is 9.11. The van der Waals surface area contributed by atoms with Gasteiger partial charge in [-0.3, -0.25) is 0 Å². The molecule has 0 bridgehead atoms. The average Bonchev–Trinajstić information content (AvgIpc) is 2.39.